The fraction of sp³-hybridized carbons (Fsp3) is 0.278. The maximum atomic E-state index is 10.8. The Morgan fingerprint density at radius 3 is 2.58 bits per heavy atom. The topological polar surface area (TPSA) is 82.8 Å². The predicted molar refractivity (Wildman–Crippen MR) is 92.6 cm³/mol. The highest BCUT2D eigenvalue weighted by Crippen LogP contribution is 2.28. The minimum absolute atomic E-state index is 0.179. The van der Waals surface area contributed by atoms with Gasteiger partial charge in [-0.2, -0.15) is 0 Å². The summed E-state index contributed by atoms with van der Waals surface area (Å²) in [6, 6.07) is 13.2. The molecule has 6 heteroatoms. The second kappa shape index (κ2) is 8.67. The Morgan fingerprint density at radius 2 is 1.88 bits per heavy atom. The molecule has 0 atom stereocenters. The lowest BCUT2D eigenvalue weighted by atomic mass is 10.1. The molecule has 2 rings (SSSR count). The maximum absolute atomic E-state index is 10.8. The summed E-state index contributed by atoms with van der Waals surface area (Å²) in [6.07, 6.45) is 0.179. The van der Waals surface area contributed by atoms with Crippen LogP contribution < -0.4 is 25.3 Å². The zero-order valence-corrected chi connectivity index (χ0v) is 13.9. The van der Waals surface area contributed by atoms with Gasteiger partial charge in [0.15, 0.2) is 0 Å². The summed E-state index contributed by atoms with van der Waals surface area (Å²) >= 11 is 0. The number of anilines is 1. The zero-order chi connectivity index (χ0) is 17.4. The van der Waals surface area contributed by atoms with Gasteiger partial charge in [-0.1, -0.05) is 12.1 Å². The van der Waals surface area contributed by atoms with Crippen LogP contribution in [0.4, 0.5) is 5.69 Å². The average molecular weight is 330 g/mol. The molecule has 0 radical (unpaired) electrons. The summed E-state index contributed by atoms with van der Waals surface area (Å²) in [4.78, 5) is 10.8. The number of nitrogens with one attached hydrogen (secondary N) is 1. The van der Waals surface area contributed by atoms with Crippen molar-refractivity contribution in [3.63, 3.8) is 0 Å². The van der Waals surface area contributed by atoms with Crippen molar-refractivity contribution in [1.29, 1.82) is 0 Å². The molecule has 0 bridgehead atoms. The van der Waals surface area contributed by atoms with E-state index in [9.17, 15) is 4.79 Å². The van der Waals surface area contributed by atoms with Gasteiger partial charge in [-0.3, -0.25) is 4.79 Å². The van der Waals surface area contributed by atoms with Crippen LogP contribution in [0.3, 0.4) is 0 Å². The van der Waals surface area contributed by atoms with E-state index in [1.807, 2.05) is 42.5 Å². The van der Waals surface area contributed by atoms with Crippen LogP contribution in [0.25, 0.3) is 0 Å². The Balaban J connectivity index is 2.08. The smallest absolute Gasteiger partial charge is 0.220 e. The Hall–Kier alpha value is -2.89. The van der Waals surface area contributed by atoms with E-state index >= 15 is 0 Å². The molecule has 0 heterocycles. The van der Waals surface area contributed by atoms with Crippen LogP contribution in [-0.4, -0.2) is 26.7 Å². The number of benzene rings is 2. The van der Waals surface area contributed by atoms with Gasteiger partial charge < -0.3 is 25.3 Å². The van der Waals surface area contributed by atoms with Gasteiger partial charge in [0.25, 0.3) is 0 Å². The Morgan fingerprint density at radius 1 is 1.08 bits per heavy atom. The van der Waals surface area contributed by atoms with Crippen LogP contribution in [0, 0.1) is 0 Å². The number of hydrogen-bond acceptors (Lipinski definition) is 5. The molecule has 3 N–H and O–H groups in total. The number of hydrogen-bond donors (Lipinski definition) is 2. The second-order valence-electron chi connectivity index (χ2n) is 5.09. The molecular weight excluding hydrogens is 308 g/mol. The van der Waals surface area contributed by atoms with E-state index in [2.05, 4.69) is 5.32 Å². The van der Waals surface area contributed by atoms with E-state index < -0.39 is 0 Å². The Labute approximate surface area is 141 Å². The summed E-state index contributed by atoms with van der Waals surface area (Å²) < 4.78 is 16.2. The molecule has 0 saturated carbocycles. The van der Waals surface area contributed by atoms with Gasteiger partial charge >= 0.3 is 0 Å². The summed E-state index contributed by atoms with van der Waals surface area (Å²) in [5.74, 6) is 1.82. The van der Waals surface area contributed by atoms with Crippen LogP contribution in [-0.2, 0) is 11.3 Å². The SMILES string of the molecule is COc1ccc(OC)c(CNc2ccccc2OCCC(N)=O)c1. The third-order valence-electron chi connectivity index (χ3n) is 3.45. The molecule has 2 aromatic carbocycles. The van der Waals surface area contributed by atoms with Gasteiger partial charge in [-0.05, 0) is 30.3 Å². The maximum Gasteiger partial charge on any atom is 0.220 e. The van der Waals surface area contributed by atoms with Crippen LogP contribution in [0.2, 0.25) is 0 Å². The van der Waals surface area contributed by atoms with Crippen LogP contribution in [0.1, 0.15) is 12.0 Å². The fourth-order valence-corrected chi connectivity index (χ4v) is 2.21. The van der Waals surface area contributed by atoms with Crippen molar-refractivity contribution >= 4 is 11.6 Å². The van der Waals surface area contributed by atoms with Gasteiger partial charge in [-0.25, -0.2) is 0 Å². The molecule has 0 fully saturated rings. The van der Waals surface area contributed by atoms with E-state index in [4.69, 9.17) is 19.9 Å². The first-order valence-electron chi connectivity index (χ1n) is 7.59. The van der Waals surface area contributed by atoms with Crippen molar-refractivity contribution in [3.8, 4) is 17.2 Å². The molecule has 0 saturated heterocycles. The monoisotopic (exact) mass is 330 g/mol. The normalized spacial score (nSPS) is 10.1. The van der Waals surface area contributed by atoms with E-state index in [1.165, 1.54) is 0 Å². The summed E-state index contributed by atoms with van der Waals surface area (Å²) in [5, 5.41) is 3.32. The van der Waals surface area contributed by atoms with E-state index in [1.54, 1.807) is 14.2 Å². The second-order valence-corrected chi connectivity index (χ2v) is 5.09. The highest BCUT2D eigenvalue weighted by molar-refractivity contribution is 5.73. The molecule has 0 unspecified atom stereocenters. The summed E-state index contributed by atoms with van der Waals surface area (Å²) in [6.45, 7) is 0.785. The van der Waals surface area contributed by atoms with Crippen LogP contribution in [0.15, 0.2) is 42.5 Å². The van der Waals surface area contributed by atoms with Gasteiger partial charge in [0.1, 0.15) is 17.2 Å². The first-order chi connectivity index (χ1) is 11.6. The molecule has 128 valence electrons. The van der Waals surface area contributed by atoms with E-state index in [0.29, 0.717) is 12.3 Å². The molecule has 0 aliphatic carbocycles. The number of nitrogens with two attached hydrogens (primary N) is 1. The Kier molecular flexibility index (Phi) is 6.31. The third-order valence-corrected chi connectivity index (χ3v) is 3.45. The van der Waals surface area contributed by atoms with Crippen molar-refractivity contribution in [3.05, 3.63) is 48.0 Å². The number of amides is 1. The van der Waals surface area contributed by atoms with Crippen molar-refractivity contribution in [2.75, 3.05) is 26.1 Å². The minimum Gasteiger partial charge on any atom is -0.497 e. The van der Waals surface area contributed by atoms with Gasteiger partial charge in [0.2, 0.25) is 5.91 Å². The fourth-order valence-electron chi connectivity index (χ4n) is 2.21. The quantitative estimate of drug-likeness (QED) is 0.738. The first kappa shape index (κ1) is 17.5. The minimum atomic E-state index is -0.387. The lowest BCUT2D eigenvalue weighted by Crippen LogP contribution is -2.15. The van der Waals surface area contributed by atoms with Crippen molar-refractivity contribution in [2.24, 2.45) is 5.73 Å². The molecule has 0 aromatic heterocycles. The molecule has 1 amide bonds. The molecule has 6 nitrogen and oxygen atoms in total. The lowest BCUT2D eigenvalue weighted by molar-refractivity contribution is -0.118. The number of carbonyl (C=O) groups is 1. The molecule has 0 aliphatic rings. The first-order valence-corrected chi connectivity index (χ1v) is 7.59. The molecule has 2 aromatic rings. The molecule has 0 spiro atoms. The summed E-state index contributed by atoms with van der Waals surface area (Å²) in [7, 11) is 3.26. The van der Waals surface area contributed by atoms with Crippen LogP contribution >= 0.6 is 0 Å². The zero-order valence-electron chi connectivity index (χ0n) is 13.9. The summed E-state index contributed by atoms with van der Waals surface area (Å²) in [5.41, 5.74) is 6.92. The number of para-hydroxylation sites is 2. The molecule has 24 heavy (non-hydrogen) atoms. The number of ether oxygens (including phenoxy) is 3. The number of rotatable bonds is 9. The van der Waals surface area contributed by atoms with Gasteiger partial charge in [0, 0.05) is 12.1 Å². The highest BCUT2D eigenvalue weighted by atomic mass is 16.5. The largest absolute Gasteiger partial charge is 0.497 e. The van der Waals surface area contributed by atoms with Crippen molar-refractivity contribution in [2.45, 2.75) is 13.0 Å². The molecule has 0 aliphatic heterocycles. The van der Waals surface area contributed by atoms with E-state index in [0.717, 1.165) is 22.7 Å². The van der Waals surface area contributed by atoms with E-state index in [-0.39, 0.29) is 18.9 Å². The highest BCUT2D eigenvalue weighted by Gasteiger charge is 2.08. The lowest BCUT2D eigenvalue weighted by Gasteiger charge is -2.15. The third kappa shape index (κ3) is 4.81. The number of carbonyl (C=O) groups excluding carboxylic acids is 1. The van der Waals surface area contributed by atoms with Gasteiger partial charge in [0.05, 0.1) is 32.9 Å². The predicted octanol–water partition coefficient (Wildman–Crippen LogP) is 2.57. The number of primary amides is 1. The molecular formula is C18H22N2O4. The van der Waals surface area contributed by atoms with Gasteiger partial charge in [-0.15, -0.1) is 0 Å². The van der Waals surface area contributed by atoms with Crippen LogP contribution in [0.5, 0.6) is 17.2 Å². The standard InChI is InChI=1S/C18H22N2O4/c1-22-14-7-8-16(23-2)13(11-14)12-20-15-5-3-4-6-17(15)24-10-9-18(19)21/h3-8,11,20H,9-10,12H2,1-2H3,(H2,19,21). The Bertz CT molecular complexity index is 688. The van der Waals surface area contributed by atoms with Crippen molar-refractivity contribution < 1.29 is 19.0 Å². The van der Waals surface area contributed by atoms with Crippen molar-refractivity contribution in [1.82, 2.24) is 0 Å². The average Bonchev–Trinajstić information content (AvgIpc) is 2.60. The number of methoxy groups -OCH3 is 2.